The number of aromatic amines is 1. The highest BCUT2D eigenvalue weighted by Gasteiger charge is 2.20. The molecule has 33 heavy (non-hydrogen) atoms. The lowest BCUT2D eigenvalue weighted by Crippen LogP contribution is -2.54. The van der Waals surface area contributed by atoms with Crippen molar-refractivity contribution < 1.29 is 0 Å². The van der Waals surface area contributed by atoms with E-state index in [1.165, 1.54) is 5.56 Å². The number of fused-ring (bicyclic) bond motifs is 1. The van der Waals surface area contributed by atoms with Gasteiger partial charge in [0.15, 0.2) is 0 Å². The lowest BCUT2D eigenvalue weighted by Gasteiger charge is -2.36. The molecule has 1 aliphatic heterocycles. The summed E-state index contributed by atoms with van der Waals surface area (Å²) in [5, 5.41) is 7.11. The first kappa shape index (κ1) is 21.6. The smallest absolute Gasteiger partial charge is 0.0977 e. The van der Waals surface area contributed by atoms with E-state index in [1.54, 1.807) is 6.33 Å². The molecule has 7 heteroatoms. The van der Waals surface area contributed by atoms with Gasteiger partial charge >= 0.3 is 0 Å². The Hall–Kier alpha value is -3.29. The first-order valence-corrected chi connectivity index (χ1v) is 11.6. The van der Waals surface area contributed by atoms with Gasteiger partial charge in [-0.2, -0.15) is 0 Å². The van der Waals surface area contributed by atoms with Crippen molar-refractivity contribution in [1.29, 1.82) is 0 Å². The number of hydrogen-bond donors (Lipinski definition) is 3. The van der Waals surface area contributed by atoms with Crippen LogP contribution in [0, 0.1) is 6.92 Å². The number of rotatable bonds is 6. The fraction of sp³-hybridized carbons (Fsp3) is 0.346. The number of hydrogen-bond acceptors (Lipinski definition) is 6. The highest BCUT2D eigenvalue weighted by Crippen LogP contribution is 2.29. The number of aromatic nitrogens is 4. The number of anilines is 1. The van der Waals surface area contributed by atoms with Gasteiger partial charge in [-0.15, -0.1) is 0 Å². The zero-order valence-electron chi connectivity index (χ0n) is 19.5. The summed E-state index contributed by atoms with van der Waals surface area (Å²) in [7, 11) is 0. The Morgan fingerprint density at radius 2 is 1.88 bits per heavy atom. The number of aryl methyl sites for hydroxylation is 1. The molecule has 0 bridgehead atoms. The van der Waals surface area contributed by atoms with E-state index in [0.29, 0.717) is 12.1 Å². The highest BCUT2D eigenvalue weighted by molar-refractivity contribution is 5.83. The quantitative estimate of drug-likeness (QED) is 0.418. The number of piperazine rings is 1. The summed E-state index contributed by atoms with van der Waals surface area (Å²) in [4.78, 5) is 19.9. The number of pyridine rings is 2. The van der Waals surface area contributed by atoms with E-state index in [0.717, 1.165) is 65.5 Å². The van der Waals surface area contributed by atoms with Crippen molar-refractivity contribution in [2.45, 2.75) is 32.9 Å². The second-order valence-electron chi connectivity index (χ2n) is 9.11. The van der Waals surface area contributed by atoms with Gasteiger partial charge in [0, 0.05) is 43.8 Å². The van der Waals surface area contributed by atoms with E-state index in [9.17, 15) is 0 Å². The van der Waals surface area contributed by atoms with Gasteiger partial charge in [-0.1, -0.05) is 23.8 Å². The van der Waals surface area contributed by atoms with Gasteiger partial charge < -0.3 is 15.6 Å². The molecule has 2 atom stereocenters. The van der Waals surface area contributed by atoms with Crippen LogP contribution in [0.3, 0.4) is 0 Å². The van der Waals surface area contributed by atoms with E-state index >= 15 is 0 Å². The van der Waals surface area contributed by atoms with Crippen LogP contribution in [0.1, 0.15) is 19.4 Å². The van der Waals surface area contributed by atoms with E-state index in [2.05, 4.69) is 81.6 Å². The van der Waals surface area contributed by atoms with Crippen molar-refractivity contribution in [3.05, 3.63) is 60.6 Å². The predicted molar refractivity (Wildman–Crippen MR) is 134 cm³/mol. The van der Waals surface area contributed by atoms with Crippen LogP contribution in [0.2, 0.25) is 0 Å². The van der Waals surface area contributed by atoms with Crippen LogP contribution in [0.25, 0.3) is 33.7 Å². The zero-order valence-corrected chi connectivity index (χ0v) is 19.5. The number of nitrogens with one attached hydrogen (secondary N) is 3. The molecule has 3 N–H and O–H groups in total. The van der Waals surface area contributed by atoms with Crippen LogP contribution in [-0.2, 0) is 0 Å². The van der Waals surface area contributed by atoms with Crippen LogP contribution >= 0.6 is 0 Å². The Bertz CT molecular complexity index is 1240. The minimum absolute atomic E-state index is 0.533. The summed E-state index contributed by atoms with van der Waals surface area (Å²) in [5.41, 5.74) is 7.72. The summed E-state index contributed by atoms with van der Waals surface area (Å²) >= 11 is 0. The van der Waals surface area contributed by atoms with E-state index in [-0.39, 0.29) is 0 Å². The van der Waals surface area contributed by atoms with Crippen LogP contribution in [0.15, 0.2) is 55.0 Å². The summed E-state index contributed by atoms with van der Waals surface area (Å²) in [5.74, 6) is 0. The molecule has 1 fully saturated rings. The van der Waals surface area contributed by atoms with Crippen molar-refractivity contribution in [1.82, 2.24) is 30.2 Å². The second-order valence-corrected chi connectivity index (χ2v) is 9.11. The van der Waals surface area contributed by atoms with Gasteiger partial charge in [-0.25, -0.2) is 9.97 Å². The Labute approximate surface area is 194 Å². The third kappa shape index (κ3) is 4.89. The molecule has 0 amide bonds. The minimum atomic E-state index is 0.533. The van der Waals surface area contributed by atoms with Gasteiger partial charge in [0.25, 0.3) is 0 Å². The van der Waals surface area contributed by atoms with Crippen LogP contribution in [0.4, 0.5) is 5.69 Å². The van der Waals surface area contributed by atoms with Crippen molar-refractivity contribution in [2.24, 2.45) is 0 Å². The Morgan fingerprint density at radius 1 is 1.03 bits per heavy atom. The molecule has 0 unspecified atom stereocenters. The average molecular weight is 442 g/mol. The molecule has 4 heterocycles. The first-order valence-electron chi connectivity index (χ1n) is 11.6. The molecule has 0 spiro atoms. The maximum Gasteiger partial charge on any atom is 0.0977 e. The Morgan fingerprint density at radius 3 is 2.70 bits per heavy atom. The minimum Gasteiger partial charge on any atom is -0.382 e. The number of benzene rings is 1. The third-order valence-corrected chi connectivity index (χ3v) is 6.11. The first-order chi connectivity index (χ1) is 16.0. The molecule has 7 nitrogen and oxygen atoms in total. The number of imidazole rings is 1. The van der Waals surface area contributed by atoms with Crippen molar-refractivity contribution in [3.63, 3.8) is 0 Å². The van der Waals surface area contributed by atoms with Gasteiger partial charge in [0.2, 0.25) is 0 Å². The van der Waals surface area contributed by atoms with Gasteiger partial charge in [0.05, 0.1) is 46.3 Å². The second kappa shape index (κ2) is 9.29. The Kier molecular flexibility index (Phi) is 6.07. The highest BCUT2D eigenvalue weighted by atomic mass is 15.2. The van der Waals surface area contributed by atoms with Crippen LogP contribution in [-0.4, -0.2) is 63.1 Å². The SMILES string of the molecule is Cc1cccc(-c2nc[nH]c2-c2ccc3ncc(NCCN4C[C@@H](C)N[C@@H](C)C4)cc3n2)c1. The number of nitrogens with zero attached hydrogens (tertiary/aromatic N) is 4. The molecule has 5 rings (SSSR count). The van der Waals surface area contributed by atoms with Crippen molar-refractivity contribution in [3.8, 4) is 22.6 Å². The van der Waals surface area contributed by atoms with Gasteiger partial charge in [0.1, 0.15) is 0 Å². The molecule has 1 aliphatic rings. The summed E-state index contributed by atoms with van der Waals surface area (Å²) in [6.07, 6.45) is 3.62. The molecule has 1 aromatic carbocycles. The van der Waals surface area contributed by atoms with E-state index < -0.39 is 0 Å². The molecule has 1 saturated heterocycles. The standard InChI is InChI=1S/C26H31N7/c1-17-5-4-6-20(11-17)25-26(30-16-29-25)23-8-7-22-24(32-23)12-21(13-28-22)27-9-10-33-14-18(2)31-19(3)15-33/h4-8,11-13,16,18-19,27,31H,9-10,14-15H2,1-3H3,(H,29,30)/t18-,19+. The average Bonchev–Trinajstić information content (AvgIpc) is 3.28. The van der Waals surface area contributed by atoms with E-state index in [1.807, 2.05) is 18.3 Å². The fourth-order valence-corrected chi connectivity index (χ4v) is 4.72. The maximum atomic E-state index is 4.91. The largest absolute Gasteiger partial charge is 0.382 e. The summed E-state index contributed by atoms with van der Waals surface area (Å²) in [6, 6.07) is 15.5. The van der Waals surface area contributed by atoms with Gasteiger partial charge in [-0.3, -0.25) is 9.88 Å². The molecule has 0 radical (unpaired) electrons. The summed E-state index contributed by atoms with van der Waals surface area (Å²) < 4.78 is 0. The Balaban J connectivity index is 1.33. The van der Waals surface area contributed by atoms with E-state index in [4.69, 9.17) is 4.98 Å². The van der Waals surface area contributed by atoms with Crippen molar-refractivity contribution >= 4 is 16.7 Å². The molecule has 0 aliphatic carbocycles. The molecular weight excluding hydrogens is 410 g/mol. The molecule has 170 valence electrons. The molecule has 4 aromatic rings. The lowest BCUT2D eigenvalue weighted by molar-refractivity contribution is 0.179. The van der Waals surface area contributed by atoms with Crippen molar-refractivity contribution in [2.75, 3.05) is 31.5 Å². The third-order valence-electron chi connectivity index (χ3n) is 6.11. The molecule has 0 saturated carbocycles. The van der Waals surface area contributed by atoms with Gasteiger partial charge in [-0.05, 0) is 45.0 Å². The zero-order chi connectivity index (χ0) is 22.8. The topological polar surface area (TPSA) is 81.8 Å². The lowest BCUT2D eigenvalue weighted by atomic mass is 10.1. The maximum absolute atomic E-state index is 4.91. The molecule has 3 aromatic heterocycles. The van der Waals surface area contributed by atoms with Crippen LogP contribution in [0.5, 0.6) is 0 Å². The van der Waals surface area contributed by atoms with Crippen LogP contribution < -0.4 is 10.6 Å². The fourth-order valence-electron chi connectivity index (χ4n) is 4.72. The summed E-state index contributed by atoms with van der Waals surface area (Å²) in [6.45, 7) is 10.6. The number of H-pyrrole nitrogens is 1. The molecular formula is C26H31N7. The monoisotopic (exact) mass is 441 g/mol. The predicted octanol–water partition coefficient (Wildman–Crippen LogP) is 4.09. The normalized spacial score (nSPS) is 19.1.